The first kappa shape index (κ1) is 7.29. The number of benzene rings is 1. The number of carbonyl (C=O) groups is 1. The van der Waals surface area contributed by atoms with Crippen molar-refractivity contribution in [1.29, 1.82) is 0 Å². The van der Waals surface area contributed by atoms with Gasteiger partial charge in [0.05, 0.1) is 0 Å². The van der Waals surface area contributed by atoms with E-state index in [-0.39, 0.29) is 5.78 Å². The van der Waals surface area contributed by atoms with E-state index in [1.165, 1.54) is 5.56 Å². The van der Waals surface area contributed by atoms with Gasteiger partial charge < -0.3 is 0 Å². The van der Waals surface area contributed by atoms with Gasteiger partial charge in [-0.2, -0.15) is 0 Å². The Kier molecular flexibility index (Phi) is 1.58. The topological polar surface area (TPSA) is 17.1 Å². The van der Waals surface area contributed by atoms with E-state index in [0.29, 0.717) is 6.42 Å². The lowest BCUT2D eigenvalue weighted by Gasteiger charge is -2.12. The van der Waals surface area contributed by atoms with E-state index in [2.05, 4.69) is 0 Å². The van der Waals surface area contributed by atoms with Crippen LogP contribution in [0.25, 0.3) is 5.57 Å². The van der Waals surface area contributed by atoms with Crippen LogP contribution >= 0.6 is 0 Å². The van der Waals surface area contributed by atoms with Crippen molar-refractivity contribution in [3.05, 3.63) is 41.5 Å². The fraction of sp³-hybridized carbons (Fsp3) is 0.182. The maximum Gasteiger partial charge on any atom is 0.166 e. The van der Waals surface area contributed by atoms with Crippen LogP contribution in [0.1, 0.15) is 17.5 Å². The molecule has 1 aliphatic carbocycles. The molecule has 2 rings (SSSR count). The fourth-order valence-corrected chi connectivity index (χ4v) is 1.30. The van der Waals surface area contributed by atoms with Crippen molar-refractivity contribution < 1.29 is 4.79 Å². The summed E-state index contributed by atoms with van der Waals surface area (Å²) < 4.78 is 0. The standard InChI is InChI=1S/C11H10O/c1-8-2-4-9(5-3-8)10-6-7-11(10)12/h2-6H,7H2,1H3. The first-order valence-corrected chi connectivity index (χ1v) is 4.08. The zero-order valence-corrected chi connectivity index (χ0v) is 7.00. The number of carbonyl (C=O) groups excluding carboxylic acids is 1. The summed E-state index contributed by atoms with van der Waals surface area (Å²) in [6.45, 7) is 2.04. The van der Waals surface area contributed by atoms with Gasteiger partial charge in [0, 0.05) is 12.0 Å². The van der Waals surface area contributed by atoms with Gasteiger partial charge in [0.25, 0.3) is 0 Å². The first-order valence-electron chi connectivity index (χ1n) is 4.08. The minimum absolute atomic E-state index is 0.263. The van der Waals surface area contributed by atoms with Crippen molar-refractivity contribution in [3.63, 3.8) is 0 Å². The molecule has 1 aromatic rings. The number of ketones is 1. The number of Topliss-reactive ketones (excluding diaryl/α,β-unsaturated/α-hetero) is 1. The summed E-state index contributed by atoms with van der Waals surface area (Å²) >= 11 is 0. The van der Waals surface area contributed by atoms with Crippen LogP contribution in [0.2, 0.25) is 0 Å². The van der Waals surface area contributed by atoms with Crippen LogP contribution in [0.5, 0.6) is 0 Å². The summed E-state index contributed by atoms with van der Waals surface area (Å²) in [6, 6.07) is 8.06. The van der Waals surface area contributed by atoms with E-state index >= 15 is 0 Å². The third-order valence-corrected chi connectivity index (χ3v) is 2.15. The Labute approximate surface area is 71.7 Å². The minimum atomic E-state index is 0.263. The third-order valence-electron chi connectivity index (χ3n) is 2.15. The van der Waals surface area contributed by atoms with Crippen LogP contribution in [0, 0.1) is 6.92 Å². The van der Waals surface area contributed by atoms with Gasteiger partial charge in [-0.3, -0.25) is 4.79 Å². The van der Waals surface area contributed by atoms with Crippen LogP contribution in [0.3, 0.4) is 0 Å². The van der Waals surface area contributed by atoms with Crippen molar-refractivity contribution in [2.75, 3.05) is 0 Å². The Balaban J connectivity index is 2.36. The molecule has 0 unspecified atom stereocenters. The third kappa shape index (κ3) is 1.07. The second kappa shape index (κ2) is 2.59. The summed E-state index contributed by atoms with van der Waals surface area (Å²) in [7, 11) is 0. The molecule has 0 radical (unpaired) electrons. The molecule has 0 atom stereocenters. The zero-order chi connectivity index (χ0) is 8.55. The SMILES string of the molecule is Cc1ccc(C2=CCC2=O)cc1. The van der Waals surface area contributed by atoms with Gasteiger partial charge >= 0.3 is 0 Å². The molecular weight excluding hydrogens is 148 g/mol. The maximum absolute atomic E-state index is 11.0. The fourth-order valence-electron chi connectivity index (χ4n) is 1.30. The monoisotopic (exact) mass is 158 g/mol. The molecule has 0 aromatic heterocycles. The van der Waals surface area contributed by atoms with Crippen molar-refractivity contribution in [2.24, 2.45) is 0 Å². The van der Waals surface area contributed by atoms with Gasteiger partial charge in [0.15, 0.2) is 5.78 Å². The zero-order valence-electron chi connectivity index (χ0n) is 7.00. The molecule has 1 nitrogen and oxygen atoms in total. The highest BCUT2D eigenvalue weighted by Crippen LogP contribution is 2.25. The van der Waals surface area contributed by atoms with Crippen LogP contribution in [-0.2, 0) is 4.79 Å². The molecule has 0 heterocycles. The highest BCUT2D eigenvalue weighted by molar-refractivity contribution is 6.27. The molecule has 1 aliphatic rings. The average molecular weight is 158 g/mol. The van der Waals surface area contributed by atoms with Gasteiger partial charge in [-0.25, -0.2) is 0 Å². The van der Waals surface area contributed by atoms with E-state index in [9.17, 15) is 4.79 Å². The molecule has 60 valence electrons. The second-order valence-corrected chi connectivity index (χ2v) is 3.11. The highest BCUT2D eigenvalue weighted by atomic mass is 16.1. The number of hydrogen-bond donors (Lipinski definition) is 0. The lowest BCUT2D eigenvalue weighted by atomic mass is 9.90. The van der Waals surface area contributed by atoms with E-state index in [1.807, 2.05) is 37.3 Å². The predicted molar refractivity (Wildman–Crippen MR) is 48.8 cm³/mol. The molecule has 12 heavy (non-hydrogen) atoms. The number of hydrogen-bond acceptors (Lipinski definition) is 1. The van der Waals surface area contributed by atoms with Crippen LogP contribution in [-0.4, -0.2) is 5.78 Å². The molecule has 0 aliphatic heterocycles. The van der Waals surface area contributed by atoms with Crippen LogP contribution in [0.15, 0.2) is 30.3 Å². The maximum atomic E-state index is 11.0. The summed E-state index contributed by atoms with van der Waals surface area (Å²) in [4.78, 5) is 11.0. The molecular formula is C11H10O. The molecule has 0 bridgehead atoms. The van der Waals surface area contributed by atoms with Crippen LogP contribution < -0.4 is 0 Å². The number of aryl methyl sites for hydroxylation is 1. The van der Waals surface area contributed by atoms with E-state index in [0.717, 1.165) is 11.1 Å². The van der Waals surface area contributed by atoms with Gasteiger partial charge in [0.1, 0.15) is 0 Å². The summed E-state index contributed by atoms with van der Waals surface area (Å²) in [5, 5.41) is 0. The van der Waals surface area contributed by atoms with E-state index in [4.69, 9.17) is 0 Å². The molecule has 0 N–H and O–H groups in total. The Morgan fingerprint density at radius 1 is 1.17 bits per heavy atom. The van der Waals surface area contributed by atoms with Crippen molar-refractivity contribution >= 4 is 11.4 Å². The molecule has 1 aromatic carbocycles. The lowest BCUT2D eigenvalue weighted by molar-refractivity contribution is -0.114. The smallest absolute Gasteiger partial charge is 0.166 e. The summed E-state index contributed by atoms with van der Waals surface area (Å²) in [5.41, 5.74) is 3.16. The molecule has 0 amide bonds. The lowest BCUT2D eigenvalue weighted by Crippen LogP contribution is -2.09. The van der Waals surface area contributed by atoms with Crippen molar-refractivity contribution in [3.8, 4) is 0 Å². The quantitative estimate of drug-likeness (QED) is 0.613. The number of rotatable bonds is 1. The van der Waals surface area contributed by atoms with Gasteiger partial charge in [-0.15, -0.1) is 0 Å². The molecule has 1 heteroatoms. The average Bonchev–Trinajstić information content (AvgIpc) is 2.06. The normalized spacial score (nSPS) is 15.4. The Bertz CT molecular complexity index is 344. The molecule has 0 saturated carbocycles. The Hall–Kier alpha value is -1.37. The predicted octanol–water partition coefficient (Wildman–Crippen LogP) is 2.35. The molecule has 0 saturated heterocycles. The molecule has 0 fully saturated rings. The van der Waals surface area contributed by atoms with Gasteiger partial charge in [-0.1, -0.05) is 35.9 Å². The van der Waals surface area contributed by atoms with E-state index < -0.39 is 0 Å². The minimum Gasteiger partial charge on any atom is -0.294 e. The van der Waals surface area contributed by atoms with E-state index in [1.54, 1.807) is 0 Å². The second-order valence-electron chi connectivity index (χ2n) is 3.11. The Morgan fingerprint density at radius 3 is 2.25 bits per heavy atom. The Morgan fingerprint density at radius 2 is 1.83 bits per heavy atom. The van der Waals surface area contributed by atoms with Crippen LogP contribution in [0.4, 0.5) is 0 Å². The van der Waals surface area contributed by atoms with Crippen molar-refractivity contribution in [1.82, 2.24) is 0 Å². The van der Waals surface area contributed by atoms with Crippen molar-refractivity contribution in [2.45, 2.75) is 13.3 Å². The first-order chi connectivity index (χ1) is 5.77. The summed E-state index contributed by atoms with van der Waals surface area (Å²) in [5.74, 6) is 0.263. The molecule has 0 spiro atoms. The number of allylic oxidation sites excluding steroid dienone is 2. The largest absolute Gasteiger partial charge is 0.294 e. The van der Waals surface area contributed by atoms with Gasteiger partial charge in [0.2, 0.25) is 0 Å². The highest BCUT2D eigenvalue weighted by Gasteiger charge is 2.17. The summed E-state index contributed by atoms with van der Waals surface area (Å²) in [6.07, 6.45) is 2.59. The van der Waals surface area contributed by atoms with Gasteiger partial charge in [-0.05, 0) is 12.5 Å².